The summed E-state index contributed by atoms with van der Waals surface area (Å²) in [6, 6.07) is 19.3. The summed E-state index contributed by atoms with van der Waals surface area (Å²) in [5.74, 6) is 0. The van der Waals surface area contributed by atoms with Crippen LogP contribution in [0.2, 0.25) is 0 Å². The van der Waals surface area contributed by atoms with Crippen LogP contribution in [0.25, 0.3) is 10.8 Å². The van der Waals surface area contributed by atoms with E-state index in [0.29, 0.717) is 0 Å². The van der Waals surface area contributed by atoms with E-state index < -0.39 is 0 Å². The van der Waals surface area contributed by atoms with Crippen LogP contribution in [-0.4, -0.2) is 4.98 Å². The van der Waals surface area contributed by atoms with Gasteiger partial charge in [-0.05, 0) is 46.9 Å². The van der Waals surface area contributed by atoms with E-state index in [0.717, 1.165) is 12.8 Å². The molecule has 0 aliphatic carbocycles. The highest BCUT2D eigenvalue weighted by Crippen LogP contribution is 2.19. The highest BCUT2D eigenvalue weighted by molar-refractivity contribution is 5.85. The van der Waals surface area contributed by atoms with Crippen molar-refractivity contribution in [2.75, 3.05) is 0 Å². The van der Waals surface area contributed by atoms with Crippen LogP contribution in [-0.2, 0) is 12.8 Å². The first kappa shape index (κ1) is 11.0. The van der Waals surface area contributed by atoms with Gasteiger partial charge in [-0.25, -0.2) is 0 Å². The Morgan fingerprint density at radius 2 is 1.50 bits per heavy atom. The minimum absolute atomic E-state index is 1.07. The molecule has 1 aromatic heterocycles. The predicted octanol–water partition coefficient (Wildman–Crippen LogP) is 4.02. The van der Waals surface area contributed by atoms with E-state index in [-0.39, 0.29) is 0 Å². The highest BCUT2D eigenvalue weighted by atomic mass is 14.6. The highest BCUT2D eigenvalue weighted by Gasteiger charge is 2.00. The van der Waals surface area contributed by atoms with Gasteiger partial charge < -0.3 is 0 Å². The van der Waals surface area contributed by atoms with Crippen LogP contribution in [0.15, 0.2) is 67.0 Å². The summed E-state index contributed by atoms with van der Waals surface area (Å²) < 4.78 is 0. The predicted molar refractivity (Wildman–Crippen MR) is 75.6 cm³/mol. The summed E-state index contributed by atoms with van der Waals surface area (Å²) in [6.45, 7) is 0. The van der Waals surface area contributed by atoms with Gasteiger partial charge in [0.1, 0.15) is 0 Å². The fourth-order valence-electron chi connectivity index (χ4n) is 2.34. The lowest BCUT2D eigenvalue weighted by molar-refractivity contribution is 0.964. The molecule has 0 unspecified atom stereocenters. The zero-order valence-electron chi connectivity index (χ0n) is 10.2. The molecule has 1 heteroatoms. The van der Waals surface area contributed by atoms with Gasteiger partial charge in [0.05, 0.1) is 0 Å². The molecule has 2 aromatic carbocycles. The number of fused-ring (bicyclic) bond motifs is 1. The molecule has 0 saturated heterocycles. The van der Waals surface area contributed by atoms with Gasteiger partial charge in [-0.1, -0.05) is 42.5 Å². The van der Waals surface area contributed by atoms with Crippen LogP contribution in [0, 0.1) is 0 Å². The molecule has 0 spiro atoms. The first-order valence-corrected chi connectivity index (χ1v) is 6.29. The molecule has 18 heavy (non-hydrogen) atoms. The second-order valence-corrected chi connectivity index (χ2v) is 4.49. The second-order valence-electron chi connectivity index (χ2n) is 4.49. The molecule has 0 bridgehead atoms. The molecule has 0 saturated carbocycles. The number of rotatable bonds is 3. The number of hydrogen-bond acceptors (Lipinski definition) is 1. The van der Waals surface area contributed by atoms with Crippen molar-refractivity contribution in [1.29, 1.82) is 0 Å². The fourth-order valence-corrected chi connectivity index (χ4v) is 2.34. The van der Waals surface area contributed by atoms with Crippen molar-refractivity contribution in [3.63, 3.8) is 0 Å². The number of benzene rings is 2. The van der Waals surface area contributed by atoms with Crippen molar-refractivity contribution in [3.05, 3.63) is 78.1 Å². The van der Waals surface area contributed by atoms with Crippen molar-refractivity contribution < 1.29 is 0 Å². The second kappa shape index (κ2) is 5.01. The van der Waals surface area contributed by atoms with E-state index in [1.165, 1.54) is 21.9 Å². The normalized spacial score (nSPS) is 10.7. The van der Waals surface area contributed by atoms with Crippen LogP contribution in [0.1, 0.15) is 11.1 Å². The lowest BCUT2D eigenvalue weighted by Crippen LogP contribution is -1.92. The SMILES string of the molecule is c1ccc2c(CCc3ccncc3)cccc2c1. The summed E-state index contributed by atoms with van der Waals surface area (Å²) in [4.78, 5) is 4.05. The molecule has 3 aromatic rings. The fraction of sp³-hybridized carbons (Fsp3) is 0.118. The number of pyridine rings is 1. The van der Waals surface area contributed by atoms with Crippen molar-refractivity contribution in [1.82, 2.24) is 4.98 Å². The summed E-state index contributed by atoms with van der Waals surface area (Å²) in [7, 11) is 0. The number of hydrogen-bond donors (Lipinski definition) is 0. The van der Waals surface area contributed by atoms with Crippen molar-refractivity contribution in [2.24, 2.45) is 0 Å². The Labute approximate surface area is 107 Å². The average molecular weight is 233 g/mol. The van der Waals surface area contributed by atoms with E-state index in [2.05, 4.69) is 59.6 Å². The van der Waals surface area contributed by atoms with E-state index in [9.17, 15) is 0 Å². The summed E-state index contributed by atoms with van der Waals surface area (Å²) in [5.41, 5.74) is 2.77. The summed E-state index contributed by atoms with van der Waals surface area (Å²) >= 11 is 0. The average Bonchev–Trinajstić information content (AvgIpc) is 2.46. The molecule has 0 radical (unpaired) electrons. The summed E-state index contributed by atoms with van der Waals surface area (Å²) in [5, 5.41) is 2.69. The largest absolute Gasteiger partial charge is 0.265 e. The molecule has 3 rings (SSSR count). The first-order valence-electron chi connectivity index (χ1n) is 6.29. The third-order valence-electron chi connectivity index (χ3n) is 3.31. The monoisotopic (exact) mass is 233 g/mol. The molecule has 0 N–H and O–H groups in total. The topological polar surface area (TPSA) is 12.9 Å². The van der Waals surface area contributed by atoms with E-state index in [1.807, 2.05) is 12.4 Å². The van der Waals surface area contributed by atoms with Crippen molar-refractivity contribution >= 4 is 10.8 Å². The van der Waals surface area contributed by atoms with Gasteiger partial charge in [-0.2, -0.15) is 0 Å². The van der Waals surface area contributed by atoms with Gasteiger partial charge >= 0.3 is 0 Å². The zero-order valence-corrected chi connectivity index (χ0v) is 10.2. The number of aromatic nitrogens is 1. The van der Waals surface area contributed by atoms with Crippen molar-refractivity contribution in [3.8, 4) is 0 Å². The third-order valence-corrected chi connectivity index (χ3v) is 3.31. The van der Waals surface area contributed by atoms with E-state index in [1.54, 1.807) is 0 Å². The Morgan fingerprint density at radius 3 is 2.39 bits per heavy atom. The maximum atomic E-state index is 4.05. The van der Waals surface area contributed by atoms with E-state index >= 15 is 0 Å². The molecule has 88 valence electrons. The molecule has 0 fully saturated rings. The van der Waals surface area contributed by atoms with Gasteiger partial charge in [0, 0.05) is 12.4 Å². The first-order chi connectivity index (χ1) is 8.93. The van der Waals surface area contributed by atoms with Gasteiger partial charge in [0.2, 0.25) is 0 Å². The lowest BCUT2D eigenvalue weighted by atomic mass is 9.99. The quantitative estimate of drug-likeness (QED) is 0.665. The van der Waals surface area contributed by atoms with Gasteiger partial charge in [0.15, 0.2) is 0 Å². The minimum Gasteiger partial charge on any atom is -0.265 e. The van der Waals surface area contributed by atoms with Crippen LogP contribution >= 0.6 is 0 Å². The smallest absolute Gasteiger partial charge is 0.0270 e. The minimum atomic E-state index is 1.07. The molecule has 0 amide bonds. The Kier molecular flexibility index (Phi) is 3.05. The maximum absolute atomic E-state index is 4.05. The zero-order chi connectivity index (χ0) is 12.2. The Hall–Kier alpha value is -2.15. The molecule has 1 heterocycles. The number of nitrogens with zero attached hydrogens (tertiary/aromatic N) is 1. The Morgan fingerprint density at radius 1 is 0.722 bits per heavy atom. The van der Waals surface area contributed by atoms with Crippen molar-refractivity contribution in [2.45, 2.75) is 12.8 Å². The molecule has 0 aliphatic rings. The van der Waals surface area contributed by atoms with Gasteiger partial charge in [-0.15, -0.1) is 0 Å². The molecular weight excluding hydrogens is 218 g/mol. The molecular formula is C17H15N. The summed E-state index contributed by atoms with van der Waals surface area (Å²) in [6.07, 6.45) is 5.86. The van der Waals surface area contributed by atoms with Crippen LogP contribution in [0.4, 0.5) is 0 Å². The van der Waals surface area contributed by atoms with Crippen LogP contribution in [0.3, 0.4) is 0 Å². The Balaban J connectivity index is 1.87. The molecule has 0 atom stereocenters. The van der Waals surface area contributed by atoms with E-state index in [4.69, 9.17) is 0 Å². The maximum Gasteiger partial charge on any atom is 0.0270 e. The third kappa shape index (κ3) is 2.25. The molecule has 0 aliphatic heterocycles. The standard InChI is InChI=1S/C17H15N/c1-2-7-17-15(4-1)5-3-6-16(17)9-8-14-10-12-18-13-11-14/h1-7,10-13H,8-9H2. The van der Waals surface area contributed by atoms with Gasteiger partial charge in [0.25, 0.3) is 0 Å². The number of aryl methyl sites for hydroxylation is 2. The van der Waals surface area contributed by atoms with Crippen LogP contribution in [0.5, 0.6) is 0 Å². The van der Waals surface area contributed by atoms with Crippen LogP contribution < -0.4 is 0 Å². The Bertz CT molecular complexity index is 639. The van der Waals surface area contributed by atoms with Gasteiger partial charge in [-0.3, -0.25) is 4.98 Å². The lowest BCUT2D eigenvalue weighted by Gasteiger charge is -2.06. The molecule has 1 nitrogen and oxygen atoms in total.